The molecule has 0 heterocycles. The Morgan fingerprint density at radius 3 is 2.47 bits per heavy atom. The van der Waals surface area contributed by atoms with Crippen molar-refractivity contribution in [2.45, 2.75) is 31.7 Å². The van der Waals surface area contributed by atoms with Crippen LogP contribution in [0.1, 0.15) is 26.2 Å². The lowest BCUT2D eigenvalue weighted by molar-refractivity contribution is -0.0523. The minimum atomic E-state index is -5.64. The summed E-state index contributed by atoms with van der Waals surface area (Å²) in [6, 6.07) is 0. The van der Waals surface area contributed by atoms with Crippen molar-refractivity contribution < 1.29 is 30.5 Å². The summed E-state index contributed by atoms with van der Waals surface area (Å²) in [5.74, 6) is 4.51. The first-order chi connectivity index (χ1) is 8.74. The zero-order valence-corrected chi connectivity index (χ0v) is 11.4. The van der Waals surface area contributed by atoms with E-state index in [1.807, 2.05) is 6.92 Å². The molecule has 8 heteroatoms. The van der Waals surface area contributed by atoms with E-state index in [1.54, 1.807) is 0 Å². The van der Waals surface area contributed by atoms with Gasteiger partial charge in [0, 0.05) is 19.6 Å². The zero-order chi connectivity index (χ0) is 14.9. The van der Waals surface area contributed by atoms with Gasteiger partial charge in [0.25, 0.3) is 0 Å². The maximum atomic E-state index is 12.2. The van der Waals surface area contributed by atoms with Gasteiger partial charge in [0.1, 0.15) is 12.4 Å². The second-order valence-electron chi connectivity index (χ2n) is 3.45. The topological polar surface area (TPSA) is 52.6 Å². The summed E-state index contributed by atoms with van der Waals surface area (Å²) in [7, 11) is -4.23. The van der Waals surface area contributed by atoms with Crippen LogP contribution in [0.15, 0.2) is 11.8 Å². The first-order valence-electron chi connectivity index (χ1n) is 5.41. The second-order valence-corrected chi connectivity index (χ2v) is 4.99. The predicted octanol–water partition coefficient (Wildman–Crippen LogP) is 2.58. The predicted molar refractivity (Wildman–Crippen MR) is 63.3 cm³/mol. The lowest BCUT2D eigenvalue weighted by Gasteiger charge is -2.11. The molecule has 0 amide bonds. The monoisotopic (exact) mass is 300 g/mol. The molecule has 0 spiro atoms. The van der Waals surface area contributed by atoms with Gasteiger partial charge in [-0.15, -0.1) is 0 Å². The molecule has 0 aromatic carbocycles. The molecule has 0 fully saturated rings. The van der Waals surface area contributed by atoms with E-state index in [-0.39, 0.29) is 18.8 Å². The molecule has 4 nitrogen and oxygen atoms in total. The smallest absolute Gasteiger partial charge is 0.380 e. The Hall–Kier alpha value is -1.20. The first kappa shape index (κ1) is 17.8. The van der Waals surface area contributed by atoms with Crippen LogP contribution in [0.2, 0.25) is 0 Å². The van der Waals surface area contributed by atoms with Gasteiger partial charge < -0.3 is 8.92 Å². The van der Waals surface area contributed by atoms with E-state index >= 15 is 0 Å². The summed E-state index contributed by atoms with van der Waals surface area (Å²) < 4.78 is 66.9. The average Bonchev–Trinajstić information content (AvgIpc) is 2.29. The maximum Gasteiger partial charge on any atom is 0.534 e. The van der Waals surface area contributed by atoms with Crippen molar-refractivity contribution in [3.8, 4) is 11.8 Å². The zero-order valence-electron chi connectivity index (χ0n) is 10.6. The van der Waals surface area contributed by atoms with E-state index in [0.717, 1.165) is 6.08 Å². The third-order valence-corrected chi connectivity index (χ3v) is 2.83. The molecule has 0 atom stereocenters. The first-order valence-corrected chi connectivity index (χ1v) is 6.82. The molecule has 0 saturated carbocycles. The van der Waals surface area contributed by atoms with E-state index in [9.17, 15) is 21.6 Å². The van der Waals surface area contributed by atoms with Crippen molar-refractivity contribution in [3.05, 3.63) is 11.8 Å². The van der Waals surface area contributed by atoms with Gasteiger partial charge in [-0.1, -0.05) is 25.2 Å². The quantitative estimate of drug-likeness (QED) is 0.327. The number of methoxy groups -OCH3 is 1. The van der Waals surface area contributed by atoms with Crippen molar-refractivity contribution in [1.29, 1.82) is 0 Å². The number of rotatable bonds is 6. The minimum absolute atomic E-state index is 0.0630. The number of alkyl halides is 3. The number of hydrogen-bond donors (Lipinski definition) is 0. The van der Waals surface area contributed by atoms with Crippen molar-refractivity contribution in [2.75, 3.05) is 13.7 Å². The van der Waals surface area contributed by atoms with Crippen LogP contribution in [0.5, 0.6) is 0 Å². The van der Waals surface area contributed by atoms with E-state index < -0.39 is 15.6 Å². The van der Waals surface area contributed by atoms with Crippen LogP contribution in [0.25, 0.3) is 0 Å². The summed E-state index contributed by atoms with van der Waals surface area (Å²) in [5.41, 5.74) is -5.45. The number of unbranched alkanes of at least 4 members (excludes halogenated alkanes) is 1. The Labute approximate surface area is 110 Å². The van der Waals surface area contributed by atoms with Gasteiger partial charge in [-0.3, -0.25) is 0 Å². The Bertz CT molecular complexity index is 455. The van der Waals surface area contributed by atoms with Crippen molar-refractivity contribution in [3.63, 3.8) is 0 Å². The van der Waals surface area contributed by atoms with E-state index in [1.165, 1.54) is 7.11 Å². The lowest BCUT2D eigenvalue weighted by atomic mass is 10.2. The third-order valence-electron chi connectivity index (χ3n) is 1.83. The third kappa shape index (κ3) is 7.08. The molecule has 0 aromatic rings. The highest BCUT2D eigenvalue weighted by Crippen LogP contribution is 2.27. The van der Waals surface area contributed by atoms with Gasteiger partial charge in [-0.25, -0.2) is 0 Å². The van der Waals surface area contributed by atoms with Crippen molar-refractivity contribution in [2.24, 2.45) is 0 Å². The summed E-state index contributed by atoms with van der Waals surface area (Å²) in [4.78, 5) is 0. The highest BCUT2D eigenvalue weighted by atomic mass is 32.2. The Kier molecular flexibility index (Phi) is 7.56. The van der Waals surface area contributed by atoms with Gasteiger partial charge in [0.15, 0.2) is 0 Å². The number of hydrogen-bond acceptors (Lipinski definition) is 4. The van der Waals surface area contributed by atoms with Gasteiger partial charge in [-0.05, 0) is 6.42 Å². The van der Waals surface area contributed by atoms with Gasteiger partial charge in [0.2, 0.25) is 0 Å². The van der Waals surface area contributed by atoms with Crippen molar-refractivity contribution in [1.82, 2.24) is 0 Å². The SMILES string of the molecule is CCCC/C(=C/C#CCOC)OS(=O)(=O)C(F)(F)F. The molecule has 0 unspecified atom stereocenters. The molecular weight excluding hydrogens is 285 g/mol. The molecule has 0 aliphatic carbocycles. The maximum absolute atomic E-state index is 12.2. The molecule has 0 N–H and O–H groups in total. The molecule has 110 valence electrons. The van der Waals surface area contributed by atoms with Crippen LogP contribution < -0.4 is 0 Å². The Morgan fingerprint density at radius 2 is 2.00 bits per heavy atom. The standard InChI is InChI=1S/C11H15F3O4S/c1-3-4-7-10(8-5-6-9-17-2)18-19(15,16)11(12,13)14/h8H,3-4,7,9H2,1-2H3/b10-8-. The van der Waals surface area contributed by atoms with Gasteiger partial charge >= 0.3 is 15.6 Å². The molecular formula is C11H15F3O4S. The van der Waals surface area contributed by atoms with Crippen LogP contribution in [0.3, 0.4) is 0 Å². The Morgan fingerprint density at radius 1 is 1.37 bits per heavy atom. The highest BCUT2D eigenvalue weighted by Gasteiger charge is 2.48. The van der Waals surface area contributed by atoms with Crippen LogP contribution >= 0.6 is 0 Å². The van der Waals surface area contributed by atoms with E-state index in [2.05, 4.69) is 20.8 Å². The highest BCUT2D eigenvalue weighted by molar-refractivity contribution is 7.87. The minimum Gasteiger partial charge on any atom is -0.380 e. The normalized spacial score (nSPS) is 12.8. The fourth-order valence-corrected chi connectivity index (χ4v) is 1.43. The van der Waals surface area contributed by atoms with Crippen LogP contribution in [-0.4, -0.2) is 27.6 Å². The van der Waals surface area contributed by atoms with Gasteiger partial charge in [0.05, 0.1) is 0 Å². The summed E-state index contributed by atoms with van der Waals surface area (Å²) >= 11 is 0. The number of ether oxygens (including phenoxy) is 1. The average molecular weight is 300 g/mol. The number of halogens is 3. The second kappa shape index (κ2) is 8.07. The molecule has 0 aliphatic rings. The summed E-state index contributed by atoms with van der Waals surface area (Å²) in [6.45, 7) is 1.90. The molecule has 0 rings (SSSR count). The summed E-state index contributed by atoms with van der Waals surface area (Å²) in [6.07, 6.45) is 2.24. The fourth-order valence-electron chi connectivity index (χ4n) is 0.922. The molecule has 0 aliphatic heterocycles. The Balaban J connectivity index is 4.94. The molecule has 0 saturated heterocycles. The fraction of sp³-hybridized carbons (Fsp3) is 0.636. The molecule has 19 heavy (non-hydrogen) atoms. The number of allylic oxidation sites excluding steroid dienone is 2. The van der Waals surface area contributed by atoms with E-state index in [0.29, 0.717) is 12.8 Å². The molecule has 0 aromatic heterocycles. The van der Waals surface area contributed by atoms with Crippen LogP contribution in [-0.2, 0) is 19.0 Å². The largest absolute Gasteiger partial charge is 0.534 e. The molecule has 0 bridgehead atoms. The van der Waals surface area contributed by atoms with Crippen LogP contribution in [0, 0.1) is 11.8 Å². The summed E-state index contributed by atoms with van der Waals surface area (Å²) in [5, 5.41) is 0. The van der Waals surface area contributed by atoms with E-state index in [4.69, 9.17) is 0 Å². The molecule has 0 radical (unpaired) electrons. The van der Waals surface area contributed by atoms with Crippen molar-refractivity contribution >= 4 is 10.1 Å². The lowest BCUT2D eigenvalue weighted by Crippen LogP contribution is -2.25. The van der Waals surface area contributed by atoms with Gasteiger partial charge in [-0.2, -0.15) is 21.6 Å². The van der Waals surface area contributed by atoms with Crippen LogP contribution in [0.4, 0.5) is 13.2 Å².